The van der Waals surface area contributed by atoms with Crippen molar-refractivity contribution in [1.29, 1.82) is 10.5 Å². The fraction of sp³-hybridized carbons (Fsp3) is 0.0909. The molecular weight excluding hydrogens is 548 g/mol. The van der Waals surface area contributed by atoms with Crippen LogP contribution in [0.15, 0.2) is 84.9 Å². The van der Waals surface area contributed by atoms with Gasteiger partial charge in [0.05, 0.1) is 22.3 Å². The van der Waals surface area contributed by atoms with Gasteiger partial charge in [-0.3, -0.25) is 19.2 Å². The summed E-state index contributed by atoms with van der Waals surface area (Å²) in [4.78, 5) is 49.9. The summed E-state index contributed by atoms with van der Waals surface area (Å²) in [7, 11) is 0. The van der Waals surface area contributed by atoms with E-state index in [1.165, 1.54) is 24.3 Å². The van der Waals surface area contributed by atoms with E-state index in [9.17, 15) is 19.2 Å². The third-order valence-corrected chi connectivity index (χ3v) is 7.54. The highest BCUT2D eigenvalue weighted by atomic mass is 16.5. The minimum Gasteiger partial charge on any atom is -0.457 e. The zero-order chi connectivity index (χ0) is 30.5. The monoisotopic (exact) mass is 568 g/mol. The van der Waals surface area contributed by atoms with Crippen LogP contribution in [0, 0.1) is 22.9 Å². The van der Waals surface area contributed by atoms with Crippen molar-refractivity contribution < 1.29 is 28.7 Å². The Morgan fingerprint density at radius 1 is 0.512 bits per heavy atom. The number of imide groups is 2. The zero-order valence-electron chi connectivity index (χ0n) is 22.8. The molecule has 0 aromatic heterocycles. The van der Waals surface area contributed by atoms with Crippen LogP contribution >= 0.6 is 0 Å². The first-order valence-electron chi connectivity index (χ1n) is 13.0. The Labute approximate surface area is 245 Å². The molecule has 0 fully saturated rings. The number of fused-ring (bicyclic) bond motifs is 2. The third-order valence-electron chi connectivity index (χ3n) is 7.54. The number of carbonyl (C=O) groups is 4. The predicted octanol–water partition coefficient (Wildman–Crippen LogP) is 5.75. The summed E-state index contributed by atoms with van der Waals surface area (Å²) < 4.78 is 11.8. The molecule has 0 saturated carbocycles. The number of hydrogen-bond donors (Lipinski definition) is 0. The standard InChI is InChI=1S/C33H20N4O6/c1-33(2,19-3-7-21(8-4-19)42-23-11-13-25-27(15-23)31(40)36(17-34)29(25)38)20-5-9-22(10-6-20)43-24-12-14-26-28(16-24)32(41)37(18-35)30(26)39/h3-16H,1-2H3. The van der Waals surface area contributed by atoms with Gasteiger partial charge in [-0.25, -0.2) is 0 Å². The van der Waals surface area contributed by atoms with E-state index >= 15 is 0 Å². The van der Waals surface area contributed by atoms with Gasteiger partial charge < -0.3 is 9.47 Å². The number of nitrogens with zero attached hydrogens (tertiary/aromatic N) is 4. The first-order valence-corrected chi connectivity index (χ1v) is 13.0. The molecule has 4 amide bonds. The minimum absolute atomic E-state index is 0.125. The van der Waals surface area contributed by atoms with Gasteiger partial charge >= 0.3 is 0 Å². The molecule has 0 saturated heterocycles. The van der Waals surface area contributed by atoms with E-state index in [2.05, 4.69) is 13.8 Å². The quantitative estimate of drug-likeness (QED) is 0.211. The maximum Gasteiger partial charge on any atom is 0.275 e. The van der Waals surface area contributed by atoms with Gasteiger partial charge in [-0.2, -0.15) is 20.3 Å². The average molecular weight is 569 g/mol. The largest absolute Gasteiger partial charge is 0.457 e. The molecule has 4 aromatic carbocycles. The van der Waals surface area contributed by atoms with Crippen LogP contribution in [-0.2, 0) is 5.41 Å². The van der Waals surface area contributed by atoms with Crippen molar-refractivity contribution in [3.8, 4) is 35.4 Å². The molecule has 2 aliphatic rings. The van der Waals surface area contributed by atoms with Crippen LogP contribution in [0.5, 0.6) is 23.0 Å². The highest BCUT2D eigenvalue weighted by Crippen LogP contribution is 2.36. The number of ether oxygens (including phenoxy) is 2. The average Bonchev–Trinajstić information content (AvgIpc) is 3.40. The SMILES string of the molecule is CC(C)(c1ccc(Oc2ccc3c(c2)C(=O)N(C#N)C3=O)cc1)c1ccc(Oc2ccc3c(c2)C(=O)N(C#N)C3=O)cc1. The maximum atomic E-state index is 12.3. The molecule has 10 heteroatoms. The minimum atomic E-state index is -0.674. The van der Waals surface area contributed by atoms with Crippen LogP contribution in [0.4, 0.5) is 0 Å². The lowest BCUT2D eigenvalue weighted by molar-refractivity contribution is 0.0716. The number of nitriles is 2. The number of rotatable bonds is 6. The number of amides is 4. The molecular formula is C33H20N4O6. The van der Waals surface area contributed by atoms with Crippen LogP contribution in [0.3, 0.4) is 0 Å². The molecule has 10 nitrogen and oxygen atoms in total. The van der Waals surface area contributed by atoms with Crippen molar-refractivity contribution in [3.63, 3.8) is 0 Å². The van der Waals surface area contributed by atoms with E-state index in [4.69, 9.17) is 20.0 Å². The van der Waals surface area contributed by atoms with Crippen LogP contribution < -0.4 is 9.47 Å². The van der Waals surface area contributed by atoms with Gasteiger partial charge in [0.1, 0.15) is 23.0 Å². The van der Waals surface area contributed by atoms with E-state index in [0.717, 1.165) is 11.1 Å². The summed E-state index contributed by atoms with van der Waals surface area (Å²) in [6.07, 6.45) is 3.19. The normalized spacial score (nSPS) is 13.9. The Morgan fingerprint density at radius 3 is 1.19 bits per heavy atom. The first kappa shape index (κ1) is 26.9. The van der Waals surface area contributed by atoms with Crippen LogP contribution in [-0.4, -0.2) is 33.4 Å². The van der Waals surface area contributed by atoms with Crippen molar-refractivity contribution in [2.45, 2.75) is 19.3 Å². The Hall–Kier alpha value is -6.26. The van der Waals surface area contributed by atoms with Crippen LogP contribution in [0.2, 0.25) is 0 Å². The smallest absolute Gasteiger partial charge is 0.275 e. The molecule has 0 N–H and O–H groups in total. The second kappa shape index (κ2) is 9.98. The molecule has 0 bridgehead atoms. The van der Waals surface area contributed by atoms with Gasteiger partial charge in [0.15, 0.2) is 12.4 Å². The summed E-state index contributed by atoms with van der Waals surface area (Å²) in [5.74, 6) is -0.849. The summed E-state index contributed by atoms with van der Waals surface area (Å²) in [5, 5.41) is 18.1. The van der Waals surface area contributed by atoms with Crippen molar-refractivity contribution in [2.75, 3.05) is 0 Å². The van der Waals surface area contributed by atoms with E-state index in [1.807, 2.05) is 48.5 Å². The van der Waals surface area contributed by atoms with E-state index < -0.39 is 23.6 Å². The van der Waals surface area contributed by atoms with Crippen LogP contribution in [0.1, 0.15) is 66.4 Å². The topological polar surface area (TPSA) is 141 Å². The summed E-state index contributed by atoms with van der Waals surface area (Å²) in [6, 6.07) is 24.0. The fourth-order valence-corrected chi connectivity index (χ4v) is 5.07. The van der Waals surface area contributed by atoms with Crippen molar-refractivity contribution in [2.24, 2.45) is 0 Å². The van der Waals surface area contributed by atoms with Crippen molar-refractivity contribution in [1.82, 2.24) is 9.80 Å². The number of hydrogen-bond acceptors (Lipinski definition) is 8. The molecule has 0 aliphatic carbocycles. The third kappa shape index (κ3) is 4.44. The second-order valence-electron chi connectivity index (χ2n) is 10.4. The Kier molecular flexibility index (Phi) is 6.25. The maximum absolute atomic E-state index is 12.3. The Balaban J connectivity index is 1.15. The molecule has 208 valence electrons. The van der Waals surface area contributed by atoms with Crippen molar-refractivity contribution >= 4 is 23.6 Å². The highest BCUT2D eigenvalue weighted by molar-refractivity contribution is 6.23. The second-order valence-corrected chi connectivity index (χ2v) is 10.4. The number of benzene rings is 4. The molecule has 0 atom stereocenters. The molecule has 43 heavy (non-hydrogen) atoms. The molecule has 0 radical (unpaired) electrons. The van der Waals surface area contributed by atoms with E-state index in [1.54, 1.807) is 24.5 Å². The van der Waals surface area contributed by atoms with Gasteiger partial charge in [0.2, 0.25) is 0 Å². The van der Waals surface area contributed by atoms with Gasteiger partial charge in [-0.15, -0.1) is 0 Å². The molecule has 4 aromatic rings. The Morgan fingerprint density at radius 2 is 0.837 bits per heavy atom. The van der Waals surface area contributed by atoms with E-state index in [0.29, 0.717) is 32.8 Å². The molecule has 0 unspecified atom stereocenters. The molecule has 6 rings (SSSR count). The highest BCUT2D eigenvalue weighted by Gasteiger charge is 2.37. The lowest BCUT2D eigenvalue weighted by atomic mass is 9.78. The Bertz CT molecular complexity index is 1810. The lowest BCUT2D eigenvalue weighted by Crippen LogP contribution is -2.23. The molecule has 2 aliphatic heterocycles. The van der Waals surface area contributed by atoms with Gasteiger partial charge in [0.25, 0.3) is 23.6 Å². The fourth-order valence-electron chi connectivity index (χ4n) is 5.07. The van der Waals surface area contributed by atoms with Gasteiger partial charge in [-0.1, -0.05) is 38.1 Å². The molecule has 2 heterocycles. The van der Waals surface area contributed by atoms with E-state index in [-0.39, 0.29) is 27.7 Å². The molecule has 0 spiro atoms. The van der Waals surface area contributed by atoms with Crippen LogP contribution in [0.25, 0.3) is 0 Å². The van der Waals surface area contributed by atoms with Crippen molar-refractivity contribution in [3.05, 3.63) is 118 Å². The van der Waals surface area contributed by atoms with Gasteiger partial charge in [-0.05, 0) is 71.8 Å². The first-order chi connectivity index (χ1) is 20.6. The summed E-state index contributed by atoms with van der Waals surface area (Å²) in [5.41, 5.74) is 2.21. The number of carbonyl (C=O) groups excluding carboxylic acids is 4. The predicted molar refractivity (Wildman–Crippen MR) is 150 cm³/mol. The lowest BCUT2D eigenvalue weighted by Gasteiger charge is -2.26. The summed E-state index contributed by atoms with van der Waals surface area (Å²) >= 11 is 0. The summed E-state index contributed by atoms with van der Waals surface area (Å²) in [6.45, 7) is 4.15. The van der Waals surface area contributed by atoms with Gasteiger partial charge in [0, 0.05) is 5.41 Å². The zero-order valence-corrected chi connectivity index (χ0v) is 22.8.